The first-order valence-corrected chi connectivity index (χ1v) is 9.34. The Morgan fingerprint density at radius 1 is 1.24 bits per heavy atom. The molecule has 1 aliphatic heterocycles. The maximum absolute atomic E-state index is 12.7. The minimum Gasteiger partial charge on any atom is -0.358 e. The number of hydrogen-bond donors (Lipinski definition) is 3. The van der Waals surface area contributed by atoms with Crippen molar-refractivity contribution in [1.82, 2.24) is 15.6 Å². The van der Waals surface area contributed by atoms with Crippen molar-refractivity contribution in [3.63, 3.8) is 0 Å². The van der Waals surface area contributed by atoms with E-state index in [0.29, 0.717) is 24.4 Å². The molecule has 2 heterocycles. The van der Waals surface area contributed by atoms with E-state index in [1.165, 1.54) is 17.7 Å². The third-order valence-corrected chi connectivity index (χ3v) is 5.54. The smallest absolute Gasteiger partial charge is 0.251 e. The lowest BCUT2D eigenvalue weighted by molar-refractivity contribution is -0.122. The van der Waals surface area contributed by atoms with Crippen molar-refractivity contribution < 1.29 is 9.59 Å². The average molecular weight is 339 g/mol. The number of rotatable bonds is 2. The molecule has 2 aromatic rings. The summed E-state index contributed by atoms with van der Waals surface area (Å²) in [4.78, 5) is 28.2. The van der Waals surface area contributed by atoms with Crippen LogP contribution in [-0.2, 0) is 17.6 Å². The van der Waals surface area contributed by atoms with Crippen molar-refractivity contribution in [2.24, 2.45) is 5.92 Å². The number of aromatic amines is 1. The molecule has 0 spiro atoms. The molecule has 0 bridgehead atoms. The lowest BCUT2D eigenvalue weighted by Crippen LogP contribution is -2.45. The van der Waals surface area contributed by atoms with Gasteiger partial charge in [-0.25, -0.2) is 0 Å². The number of nitrogens with one attached hydrogen (secondary N) is 3. The van der Waals surface area contributed by atoms with Gasteiger partial charge in [-0.05, 0) is 68.2 Å². The Hall–Kier alpha value is -2.30. The zero-order valence-corrected chi connectivity index (χ0v) is 14.7. The van der Waals surface area contributed by atoms with E-state index in [1.807, 2.05) is 18.2 Å². The first-order valence-electron chi connectivity index (χ1n) is 9.34. The molecule has 25 heavy (non-hydrogen) atoms. The number of fused-ring (bicyclic) bond motifs is 3. The molecule has 1 aliphatic carbocycles. The number of hydrogen-bond acceptors (Lipinski definition) is 2. The van der Waals surface area contributed by atoms with Crippen molar-refractivity contribution in [1.29, 1.82) is 0 Å². The fraction of sp³-hybridized carbons (Fsp3) is 0.500. The van der Waals surface area contributed by atoms with Gasteiger partial charge < -0.3 is 15.6 Å². The van der Waals surface area contributed by atoms with Crippen LogP contribution >= 0.6 is 0 Å². The predicted molar refractivity (Wildman–Crippen MR) is 97.6 cm³/mol. The molecule has 2 aliphatic rings. The van der Waals surface area contributed by atoms with E-state index >= 15 is 0 Å². The summed E-state index contributed by atoms with van der Waals surface area (Å²) in [6.07, 6.45) is 5.98. The van der Waals surface area contributed by atoms with Gasteiger partial charge in [-0.1, -0.05) is 6.92 Å². The van der Waals surface area contributed by atoms with Gasteiger partial charge in [0.2, 0.25) is 5.91 Å². The zero-order valence-electron chi connectivity index (χ0n) is 14.7. The minimum atomic E-state index is -0.425. The summed E-state index contributed by atoms with van der Waals surface area (Å²) in [6.45, 7) is 2.98. The predicted octanol–water partition coefficient (Wildman–Crippen LogP) is 2.69. The molecule has 5 heteroatoms. The lowest BCUT2D eigenvalue weighted by atomic mass is 9.87. The topological polar surface area (TPSA) is 74.0 Å². The summed E-state index contributed by atoms with van der Waals surface area (Å²) >= 11 is 0. The van der Waals surface area contributed by atoms with E-state index in [1.54, 1.807) is 0 Å². The molecule has 132 valence electrons. The molecular weight excluding hydrogens is 314 g/mol. The Balaban J connectivity index is 1.59. The van der Waals surface area contributed by atoms with E-state index in [4.69, 9.17) is 0 Å². The van der Waals surface area contributed by atoms with Crippen LogP contribution in [0, 0.1) is 5.92 Å². The van der Waals surface area contributed by atoms with Crippen molar-refractivity contribution >= 4 is 22.7 Å². The van der Waals surface area contributed by atoms with Gasteiger partial charge in [-0.15, -0.1) is 0 Å². The van der Waals surface area contributed by atoms with Gasteiger partial charge in [0.05, 0.1) is 0 Å². The van der Waals surface area contributed by atoms with Crippen LogP contribution in [0.3, 0.4) is 0 Å². The molecule has 4 rings (SSSR count). The number of aryl methyl sites for hydroxylation is 1. The molecule has 1 saturated heterocycles. The SMILES string of the molecule is CC1CCc2[nH]c3ccc(C(=O)NC4CCCCNC4=O)cc3c2C1. The van der Waals surface area contributed by atoms with E-state index in [0.717, 1.165) is 36.6 Å². The highest BCUT2D eigenvalue weighted by molar-refractivity contribution is 6.01. The normalized spacial score (nSPS) is 23.6. The van der Waals surface area contributed by atoms with Crippen LogP contribution in [0.5, 0.6) is 0 Å². The third-order valence-electron chi connectivity index (χ3n) is 5.54. The van der Waals surface area contributed by atoms with E-state index in [2.05, 4.69) is 22.5 Å². The highest BCUT2D eigenvalue weighted by atomic mass is 16.2. The monoisotopic (exact) mass is 339 g/mol. The number of amides is 2. The lowest BCUT2D eigenvalue weighted by Gasteiger charge is -2.18. The molecule has 2 amide bonds. The van der Waals surface area contributed by atoms with Crippen molar-refractivity contribution in [3.05, 3.63) is 35.0 Å². The summed E-state index contributed by atoms with van der Waals surface area (Å²) in [7, 11) is 0. The first-order chi connectivity index (χ1) is 12.1. The van der Waals surface area contributed by atoms with Crippen molar-refractivity contribution in [2.75, 3.05) is 6.54 Å². The van der Waals surface area contributed by atoms with E-state index < -0.39 is 6.04 Å². The standard InChI is InChI=1S/C20H25N3O2/c1-12-5-7-16-14(10-12)15-11-13(6-8-17(15)22-16)19(24)23-18-4-2-3-9-21-20(18)25/h6,8,11-12,18,22H,2-5,7,9-10H2,1H3,(H,21,25)(H,23,24). The molecular formula is C20H25N3O2. The summed E-state index contributed by atoms with van der Waals surface area (Å²) in [6, 6.07) is 5.39. The molecule has 1 aromatic heterocycles. The molecule has 1 aromatic carbocycles. The molecule has 0 saturated carbocycles. The van der Waals surface area contributed by atoms with Crippen LogP contribution in [0.4, 0.5) is 0 Å². The van der Waals surface area contributed by atoms with Crippen LogP contribution in [0.25, 0.3) is 10.9 Å². The fourth-order valence-electron chi connectivity index (χ4n) is 4.05. The number of aromatic nitrogens is 1. The van der Waals surface area contributed by atoms with Gasteiger partial charge in [0.25, 0.3) is 5.91 Å². The van der Waals surface area contributed by atoms with Gasteiger partial charge in [0.15, 0.2) is 0 Å². The van der Waals surface area contributed by atoms with Crippen LogP contribution < -0.4 is 10.6 Å². The highest BCUT2D eigenvalue weighted by Crippen LogP contribution is 2.32. The van der Waals surface area contributed by atoms with Gasteiger partial charge >= 0.3 is 0 Å². The number of benzene rings is 1. The molecule has 1 fully saturated rings. The van der Waals surface area contributed by atoms with Gasteiger partial charge in [-0.3, -0.25) is 9.59 Å². The molecule has 3 N–H and O–H groups in total. The van der Waals surface area contributed by atoms with Gasteiger partial charge in [0.1, 0.15) is 6.04 Å². The summed E-state index contributed by atoms with van der Waals surface area (Å²) in [5, 5.41) is 6.93. The largest absolute Gasteiger partial charge is 0.358 e. The summed E-state index contributed by atoms with van der Waals surface area (Å²) in [5.74, 6) is 0.446. The molecule has 2 atom stereocenters. The Bertz CT molecular complexity index is 824. The minimum absolute atomic E-state index is 0.0697. The second-order valence-electron chi connectivity index (χ2n) is 7.50. The average Bonchev–Trinajstić information content (AvgIpc) is 2.84. The Morgan fingerprint density at radius 2 is 2.12 bits per heavy atom. The van der Waals surface area contributed by atoms with Crippen molar-refractivity contribution in [2.45, 2.75) is 51.5 Å². The van der Waals surface area contributed by atoms with Crippen LogP contribution in [0.2, 0.25) is 0 Å². The maximum atomic E-state index is 12.7. The van der Waals surface area contributed by atoms with Gasteiger partial charge in [-0.2, -0.15) is 0 Å². The second kappa shape index (κ2) is 6.54. The number of carbonyl (C=O) groups excluding carboxylic acids is 2. The highest BCUT2D eigenvalue weighted by Gasteiger charge is 2.24. The van der Waals surface area contributed by atoms with Crippen LogP contribution in [-0.4, -0.2) is 29.4 Å². The second-order valence-corrected chi connectivity index (χ2v) is 7.50. The van der Waals surface area contributed by atoms with E-state index in [-0.39, 0.29) is 11.8 Å². The van der Waals surface area contributed by atoms with Gasteiger partial charge in [0, 0.05) is 28.7 Å². The van der Waals surface area contributed by atoms with E-state index in [9.17, 15) is 9.59 Å². The van der Waals surface area contributed by atoms with Crippen molar-refractivity contribution in [3.8, 4) is 0 Å². The van der Waals surface area contributed by atoms with Crippen LogP contribution in [0.15, 0.2) is 18.2 Å². The fourth-order valence-corrected chi connectivity index (χ4v) is 4.05. The Kier molecular flexibility index (Phi) is 4.24. The first kappa shape index (κ1) is 16.2. The summed E-state index contributed by atoms with van der Waals surface area (Å²) in [5.41, 5.74) is 4.40. The maximum Gasteiger partial charge on any atom is 0.251 e. The quantitative estimate of drug-likeness (QED) is 0.787. The number of carbonyl (C=O) groups is 2. The zero-order chi connectivity index (χ0) is 17.4. The third kappa shape index (κ3) is 3.15. The molecule has 5 nitrogen and oxygen atoms in total. The molecule has 2 unspecified atom stereocenters. The summed E-state index contributed by atoms with van der Waals surface area (Å²) < 4.78 is 0. The Morgan fingerprint density at radius 3 is 3.00 bits per heavy atom. The number of H-pyrrole nitrogens is 1. The molecule has 0 radical (unpaired) electrons. The Labute approximate surface area is 147 Å². The van der Waals surface area contributed by atoms with Crippen LogP contribution in [0.1, 0.15) is 54.2 Å².